The van der Waals surface area contributed by atoms with Crippen molar-refractivity contribution in [2.75, 3.05) is 6.61 Å². The number of aliphatic hydroxyl groups excluding tert-OH is 1. The minimum Gasteiger partial charge on any atom is -0.509 e. The van der Waals surface area contributed by atoms with Gasteiger partial charge in [0.05, 0.1) is 0 Å². The Morgan fingerprint density at radius 3 is 2.42 bits per heavy atom. The van der Waals surface area contributed by atoms with Crippen molar-refractivity contribution < 1.29 is 22.8 Å². The Kier molecular flexibility index (Phi) is 4.22. The highest BCUT2D eigenvalue weighted by Crippen LogP contribution is 2.08. The standard InChI is InChI=1S/C6H12O5S/c1-3-4-11-6(5(2)7)12(8,9)10/h6-7H,2-4H2,1H3,(H,8,9,10). The highest BCUT2D eigenvalue weighted by atomic mass is 32.2. The van der Waals surface area contributed by atoms with Crippen LogP contribution >= 0.6 is 0 Å². The van der Waals surface area contributed by atoms with Crippen molar-refractivity contribution in [3.05, 3.63) is 12.3 Å². The van der Waals surface area contributed by atoms with Crippen LogP contribution in [0.1, 0.15) is 13.3 Å². The predicted octanol–water partition coefficient (Wildman–Crippen LogP) is 0.699. The molecule has 72 valence electrons. The Morgan fingerprint density at radius 2 is 2.17 bits per heavy atom. The van der Waals surface area contributed by atoms with Gasteiger partial charge in [-0.15, -0.1) is 0 Å². The van der Waals surface area contributed by atoms with Crippen molar-refractivity contribution in [2.24, 2.45) is 0 Å². The molecular formula is C6H12O5S. The van der Waals surface area contributed by atoms with E-state index >= 15 is 0 Å². The molecule has 0 aliphatic heterocycles. The van der Waals surface area contributed by atoms with Gasteiger partial charge in [0.15, 0.2) is 0 Å². The fourth-order valence-corrected chi connectivity index (χ4v) is 1.19. The summed E-state index contributed by atoms with van der Waals surface area (Å²) in [6.45, 7) is 4.86. The van der Waals surface area contributed by atoms with Crippen molar-refractivity contribution in [2.45, 2.75) is 18.8 Å². The first-order valence-electron chi connectivity index (χ1n) is 3.35. The summed E-state index contributed by atoms with van der Waals surface area (Å²) < 4.78 is 34.1. The van der Waals surface area contributed by atoms with Gasteiger partial charge >= 0.3 is 0 Å². The van der Waals surface area contributed by atoms with E-state index in [4.69, 9.17) is 9.66 Å². The maximum Gasteiger partial charge on any atom is 0.299 e. The van der Waals surface area contributed by atoms with E-state index in [1.807, 2.05) is 0 Å². The van der Waals surface area contributed by atoms with Gasteiger partial charge < -0.3 is 9.84 Å². The van der Waals surface area contributed by atoms with Crippen LogP contribution in [0, 0.1) is 0 Å². The van der Waals surface area contributed by atoms with Crippen LogP contribution < -0.4 is 0 Å². The molecule has 6 heteroatoms. The van der Waals surface area contributed by atoms with Gasteiger partial charge in [0.1, 0.15) is 5.76 Å². The molecule has 0 aromatic carbocycles. The molecule has 12 heavy (non-hydrogen) atoms. The number of aliphatic hydroxyl groups is 1. The molecule has 0 aromatic heterocycles. The number of ether oxygens (including phenoxy) is 1. The van der Waals surface area contributed by atoms with Crippen LogP contribution in [0.4, 0.5) is 0 Å². The van der Waals surface area contributed by atoms with Crippen LogP contribution in [0.3, 0.4) is 0 Å². The average molecular weight is 196 g/mol. The maximum atomic E-state index is 10.5. The topological polar surface area (TPSA) is 83.8 Å². The second kappa shape index (κ2) is 4.44. The molecule has 0 amide bonds. The number of hydrogen-bond donors (Lipinski definition) is 2. The van der Waals surface area contributed by atoms with Crippen LogP contribution in [-0.4, -0.2) is 30.1 Å². The van der Waals surface area contributed by atoms with Gasteiger partial charge in [0.2, 0.25) is 5.44 Å². The smallest absolute Gasteiger partial charge is 0.299 e. The lowest BCUT2D eigenvalue weighted by atomic mass is 10.5. The minimum atomic E-state index is -4.41. The highest BCUT2D eigenvalue weighted by Gasteiger charge is 2.26. The van der Waals surface area contributed by atoms with Crippen LogP contribution in [0.15, 0.2) is 12.3 Å². The summed E-state index contributed by atoms with van der Waals surface area (Å²) in [5.41, 5.74) is -1.72. The molecule has 0 radical (unpaired) electrons. The van der Waals surface area contributed by atoms with Crippen molar-refractivity contribution in [3.63, 3.8) is 0 Å². The van der Waals surface area contributed by atoms with Crippen LogP contribution in [0.25, 0.3) is 0 Å². The highest BCUT2D eigenvalue weighted by molar-refractivity contribution is 7.86. The van der Waals surface area contributed by atoms with E-state index in [-0.39, 0.29) is 6.61 Å². The van der Waals surface area contributed by atoms with Gasteiger partial charge in [-0.3, -0.25) is 4.55 Å². The first-order valence-corrected chi connectivity index (χ1v) is 4.85. The summed E-state index contributed by atoms with van der Waals surface area (Å²) in [5.74, 6) is -0.717. The summed E-state index contributed by atoms with van der Waals surface area (Å²) in [4.78, 5) is 0. The van der Waals surface area contributed by atoms with Crippen LogP contribution in [0.5, 0.6) is 0 Å². The SMILES string of the molecule is C=C(O)C(OCCC)S(=O)(=O)O. The van der Waals surface area contributed by atoms with Gasteiger partial charge in [-0.2, -0.15) is 8.42 Å². The third kappa shape index (κ3) is 3.70. The van der Waals surface area contributed by atoms with E-state index in [0.717, 1.165) is 0 Å². The molecule has 0 aliphatic rings. The summed E-state index contributed by atoms with van der Waals surface area (Å²) in [5, 5.41) is 8.72. The van der Waals surface area contributed by atoms with Crippen LogP contribution in [-0.2, 0) is 14.9 Å². The summed E-state index contributed by atoms with van der Waals surface area (Å²) in [7, 11) is -4.41. The normalized spacial score (nSPS) is 14.2. The maximum absolute atomic E-state index is 10.5. The van der Waals surface area contributed by atoms with Crippen LogP contribution in [0.2, 0.25) is 0 Å². The van der Waals surface area contributed by atoms with E-state index in [1.54, 1.807) is 6.92 Å². The summed E-state index contributed by atoms with van der Waals surface area (Å²) in [6, 6.07) is 0. The first kappa shape index (κ1) is 11.4. The van der Waals surface area contributed by atoms with E-state index in [1.165, 1.54) is 0 Å². The lowest BCUT2D eigenvalue weighted by molar-refractivity contribution is 0.0932. The largest absolute Gasteiger partial charge is 0.509 e. The second-order valence-electron chi connectivity index (χ2n) is 2.21. The Labute approximate surface area is 71.4 Å². The fourth-order valence-electron chi connectivity index (χ4n) is 0.579. The molecule has 0 heterocycles. The first-order chi connectivity index (χ1) is 5.39. The van der Waals surface area contributed by atoms with E-state index in [0.29, 0.717) is 6.42 Å². The molecule has 0 rings (SSSR count). The lowest BCUT2D eigenvalue weighted by Gasteiger charge is -2.12. The van der Waals surface area contributed by atoms with Crippen molar-refractivity contribution in [1.82, 2.24) is 0 Å². The van der Waals surface area contributed by atoms with E-state index < -0.39 is 21.3 Å². The Morgan fingerprint density at radius 1 is 1.67 bits per heavy atom. The van der Waals surface area contributed by atoms with Gasteiger partial charge in [0, 0.05) is 6.61 Å². The van der Waals surface area contributed by atoms with Crippen molar-refractivity contribution >= 4 is 10.1 Å². The number of rotatable bonds is 5. The third-order valence-electron chi connectivity index (χ3n) is 1.02. The van der Waals surface area contributed by atoms with Gasteiger partial charge in [-0.25, -0.2) is 0 Å². The molecule has 5 nitrogen and oxygen atoms in total. The summed E-state index contributed by atoms with van der Waals surface area (Å²) in [6.07, 6.45) is 0.583. The van der Waals surface area contributed by atoms with Crippen molar-refractivity contribution in [3.8, 4) is 0 Å². The molecule has 0 saturated heterocycles. The molecule has 1 unspecified atom stereocenters. The Hall–Kier alpha value is -0.590. The Bertz CT molecular complexity index is 243. The molecule has 0 fully saturated rings. The minimum absolute atomic E-state index is 0.129. The summed E-state index contributed by atoms with van der Waals surface area (Å²) >= 11 is 0. The molecule has 0 aliphatic carbocycles. The van der Waals surface area contributed by atoms with Gasteiger partial charge in [-0.05, 0) is 6.42 Å². The zero-order valence-corrected chi connectivity index (χ0v) is 7.54. The molecule has 0 saturated carbocycles. The second-order valence-corrected chi connectivity index (χ2v) is 3.67. The van der Waals surface area contributed by atoms with E-state index in [9.17, 15) is 8.42 Å². The molecule has 2 N–H and O–H groups in total. The quantitative estimate of drug-likeness (QED) is 0.499. The van der Waals surface area contributed by atoms with Gasteiger partial charge in [0.25, 0.3) is 10.1 Å². The third-order valence-corrected chi connectivity index (χ3v) is 1.97. The zero-order valence-electron chi connectivity index (χ0n) is 6.73. The lowest BCUT2D eigenvalue weighted by Crippen LogP contribution is -2.26. The Balaban J connectivity index is 4.36. The fraction of sp³-hybridized carbons (Fsp3) is 0.667. The van der Waals surface area contributed by atoms with Crippen molar-refractivity contribution in [1.29, 1.82) is 0 Å². The van der Waals surface area contributed by atoms with Gasteiger partial charge in [-0.1, -0.05) is 13.5 Å². The van der Waals surface area contributed by atoms with E-state index in [2.05, 4.69) is 11.3 Å². The predicted molar refractivity (Wildman–Crippen MR) is 43.3 cm³/mol. The monoisotopic (exact) mass is 196 g/mol. The zero-order chi connectivity index (χ0) is 9.78. The molecule has 1 atom stereocenters. The molecule has 0 aromatic rings. The molecular weight excluding hydrogens is 184 g/mol. The molecule has 0 bridgehead atoms. The number of hydrogen-bond acceptors (Lipinski definition) is 4. The molecule has 0 spiro atoms. The average Bonchev–Trinajstić information content (AvgIpc) is 1.84.